The predicted octanol–water partition coefficient (Wildman–Crippen LogP) is 5.79. The molecular formula is C37H47ClN2O7. The van der Waals surface area contributed by atoms with Crippen LogP contribution in [-0.2, 0) is 35.1 Å². The number of cyclic esters (lactones) is 2. The van der Waals surface area contributed by atoms with Crippen LogP contribution in [0.15, 0.2) is 60.7 Å². The van der Waals surface area contributed by atoms with E-state index in [1.165, 1.54) is 18.7 Å². The van der Waals surface area contributed by atoms with Crippen molar-refractivity contribution >= 4 is 35.4 Å². The second kappa shape index (κ2) is 15.8. The number of hydrogen-bond acceptors (Lipinski definition) is 7. The number of rotatable bonds is 8. The molecule has 2 aliphatic rings. The largest absolute Gasteiger partial charge is 0.495 e. The summed E-state index contributed by atoms with van der Waals surface area (Å²) in [6.45, 7) is 9.14. The summed E-state index contributed by atoms with van der Waals surface area (Å²) in [5.41, 5.74) is 0.780. The molecular weight excluding hydrogens is 620 g/mol. The number of carbonyl (C=O) groups is 4. The Bertz CT molecular complexity index is 1460. The van der Waals surface area contributed by atoms with Gasteiger partial charge in [-0.25, -0.2) is 4.79 Å². The number of amides is 2. The number of nitrogens with one attached hydrogen (secondary N) is 2. The Morgan fingerprint density at radius 2 is 1.74 bits per heavy atom. The highest BCUT2D eigenvalue weighted by Gasteiger charge is 2.46. The van der Waals surface area contributed by atoms with Crippen LogP contribution in [0.3, 0.4) is 0 Å². The average molecular weight is 667 g/mol. The van der Waals surface area contributed by atoms with Crippen LogP contribution in [0.5, 0.6) is 5.75 Å². The first-order valence-corrected chi connectivity index (χ1v) is 16.7. The standard InChI is InChI=1S/C37H47ClN2O7/c1-22(2)17-32-35(43)46-30(23(3)26-20-27(26)25-11-8-7-9-12-25)13-10-14-33(41)40-29(19-24-15-16-31(45-6)28(38)18-24)34(42)39-21-37(4,5)36(44)47-32/h7-12,14-16,18,22-23,26-27,29-30,32H,13,17,19-21H2,1-6H3,(H,39,42)(H,40,41)/b14-10+/t23-,26-,27-,29-,30+,32+/m1/s1. The number of benzene rings is 2. The number of esters is 2. The summed E-state index contributed by atoms with van der Waals surface area (Å²) >= 11 is 6.33. The highest BCUT2D eigenvalue weighted by Crippen LogP contribution is 2.53. The molecule has 47 heavy (non-hydrogen) atoms. The van der Waals surface area contributed by atoms with Gasteiger partial charge in [0.05, 0.1) is 17.5 Å². The van der Waals surface area contributed by atoms with Gasteiger partial charge in [-0.2, -0.15) is 0 Å². The molecule has 2 aromatic carbocycles. The van der Waals surface area contributed by atoms with Crippen LogP contribution in [0.4, 0.5) is 0 Å². The molecule has 0 bridgehead atoms. The zero-order valence-corrected chi connectivity index (χ0v) is 28.8. The second-order valence-electron chi connectivity index (χ2n) is 13.7. The van der Waals surface area contributed by atoms with Gasteiger partial charge in [-0.1, -0.05) is 74.8 Å². The number of ether oxygens (including phenoxy) is 3. The summed E-state index contributed by atoms with van der Waals surface area (Å²) < 4.78 is 17.2. The lowest BCUT2D eigenvalue weighted by atomic mass is 9.92. The van der Waals surface area contributed by atoms with Crippen LogP contribution >= 0.6 is 11.6 Å². The summed E-state index contributed by atoms with van der Waals surface area (Å²) in [6.07, 6.45) is 3.06. The van der Waals surface area contributed by atoms with E-state index in [9.17, 15) is 19.2 Å². The maximum absolute atomic E-state index is 13.6. The summed E-state index contributed by atoms with van der Waals surface area (Å²) in [6, 6.07) is 14.4. The lowest BCUT2D eigenvalue weighted by Crippen LogP contribution is -2.51. The molecule has 2 aromatic rings. The van der Waals surface area contributed by atoms with Gasteiger partial charge in [-0.05, 0) is 79.7 Å². The molecule has 1 saturated carbocycles. The molecule has 1 fully saturated rings. The van der Waals surface area contributed by atoms with Gasteiger partial charge in [0.1, 0.15) is 17.9 Å². The van der Waals surface area contributed by atoms with Gasteiger partial charge in [0.15, 0.2) is 6.10 Å². The third kappa shape index (κ3) is 9.83. The van der Waals surface area contributed by atoms with Crippen molar-refractivity contribution in [1.82, 2.24) is 10.6 Å². The molecule has 2 amide bonds. The van der Waals surface area contributed by atoms with Gasteiger partial charge in [-0.3, -0.25) is 14.4 Å². The van der Waals surface area contributed by atoms with Crippen LogP contribution in [0.25, 0.3) is 0 Å². The first-order valence-electron chi connectivity index (χ1n) is 16.3. The van der Waals surface area contributed by atoms with Crippen molar-refractivity contribution in [3.63, 3.8) is 0 Å². The zero-order valence-electron chi connectivity index (χ0n) is 28.1. The maximum Gasteiger partial charge on any atom is 0.347 e. The molecule has 1 aliphatic heterocycles. The maximum atomic E-state index is 13.6. The van der Waals surface area contributed by atoms with E-state index in [0.29, 0.717) is 22.3 Å². The van der Waals surface area contributed by atoms with Crippen molar-refractivity contribution in [2.24, 2.45) is 23.2 Å². The third-order valence-corrected chi connectivity index (χ3v) is 9.27. The van der Waals surface area contributed by atoms with Gasteiger partial charge in [0.25, 0.3) is 0 Å². The fraction of sp³-hybridized carbons (Fsp3) is 0.514. The molecule has 254 valence electrons. The summed E-state index contributed by atoms with van der Waals surface area (Å²) in [4.78, 5) is 53.7. The SMILES string of the molecule is COc1ccc(C[C@H]2NC(=O)/C=C/C[C@@H]([C@H](C)[C@H]3C[C@@H]3c3ccccc3)OC(=O)[C@H](CC(C)C)OC(=O)C(C)(C)CNC2=O)cc1Cl. The topological polar surface area (TPSA) is 120 Å². The number of hydrogen-bond donors (Lipinski definition) is 2. The summed E-state index contributed by atoms with van der Waals surface area (Å²) in [7, 11) is 1.51. The van der Waals surface area contributed by atoms with Gasteiger partial charge in [-0.15, -0.1) is 0 Å². The van der Waals surface area contributed by atoms with Crippen molar-refractivity contribution in [2.75, 3.05) is 13.7 Å². The van der Waals surface area contributed by atoms with Gasteiger partial charge >= 0.3 is 11.9 Å². The molecule has 0 spiro atoms. The van der Waals surface area contributed by atoms with Crippen LogP contribution in [-0.4, -0.2) is 55.7 Å². The Balaban J connectivity index is 1.61. The molecule has 0 unspecified atom stereocenters. The van der Waals surface area contributed by atoms with E-state index in [-0.39, 0.29) is 43.6 Å². The minimum absolute atomic E-state index is 0.0269. The van der Waals surface area contributed by atoms with E-state index in [1.54, 1.807) is 38.1 Å². The van der Waals surface area contributed by atoms with E-state index >= 15 is 0 Å². The van der Waals surface area contributed by atoms with Crippen LogP contribution in [0, 0.1) is 23.2 Å². The normalized spacial score (nSPS) is 26.8. The lowest BCUT2D eigenvalue weighted by molar-refractivity contribution is -0.179. The Hall–Kier alpha value is -3.85. The smallest absolute Gasteiger partial charge is 0.347 e. The van der Waals surface area contributed by atoms with Gasteiger partial charge < -0.3 is 24.8 Å². The lowest BCUT2D eigenvalue weighted by Gasteiger charge is -2.30. The van der Waals surface area contributed by atoms with E-state index in [1.807, 2.05) is 32.0 Å². The zero-order chi connectivity index (χ0) is 34.3. The fourth-order valence-electron chi connectivity index (χ4n) is 5.97. The van der Waals surface area contributed by atoms with E-state index in [0.717, 1.165) is 6.42 Å². The molecule has 1 heterocycles. The first-order chi connectivity index (χ1) is 22.3. The number of methoxy groups -OCH3 is 1. The Morgan fingerprint density at radius 3 is 2.40 bits per heavy atom. The minimum Gasteiger partial charge on any atom is -0.495 e. The quantitative estimate of drug-likeness (QED) is 0.343. The highest BCUT2D eigenvalue weighted by molar-refractivity contribution is 6.32. The van der Waals surface area contributed by atoms with E-state index in [4.69, 9.17) is 25.8 Å². The number of carbonyl (C=O) groups excluding carboxylic acids is 4. The van der Waals surface area contributed by atoms with Crippen molar-refractivity contribution in [2.45, 2.75) is 84.5 Å². The van der Waals surface area contributed by atoms with Crippen LogP contribution < -0.4 is 15.4 Å². The van der Waals surface area contributed by atoms with Crippen molar-refractivity contribution in [1.29, 1.82) is 0 Å². The Labute approximate surface area is 282 Å². The van der Waals surface area contributed by atoms with E-state index in [2.05, 4.69) is 29.7 Å². The third-order valence-electron chi connectivity index (χ3n) is 8.98. The first kappa shape index (κ1) is 36.0. The molecule has 0 aromatic heterocycles. The molecule has 10 heteroatoms. The molecule has 0 radical (unpaired) electrons. The monoisotopic (exact) mass is 666 g/mol. The highest BCUT2D eigenvalue weighted by atomic mass is 35.5. The van der Waals surface area contributed by atoms with Crippen LogP contribution in [0.2, 0.25) is 5.02 Å². The number of halogens is 1. The Morgan fingerprint density at radius 1 is 1.02 bits per heavy atom. The second-order valence-corrected chi connectivity index (χ2v) is 14.2. The summed E-state index contributed by atoms with van der Waals surface area (Å²) in [5.74, 6) is -1.03. The summed E-state index contributed by atoms with van der Waals surface area (Å²) in [5, 5.41) is 5.96. The molecule has 4 rings (SSSR count). The predicted molar refractivity (Wildman–Crippen MR) is 180 cm³/mol. The molecule has 2 N–H and O–H groups in total. The van der Waals surface area contributed by atoms with Crippen molar-refractivity contribution in [3.05, 3.63) is 76.8 Å². The molecule has 9 nitrogen and oxygen atoms in total. The van der Waals surface area contributed by atoms with E-state index < -0.39 is 47.4 Å². The Kier molecular flexibility index (Phi) is 12.1. The molecule has 6 atom stereocenters. The van der Waals surface area contributed by atoms with Crippen molar-refractivity contribution in [3.8, 4) is 5.75 Å². The fourth-order valence-corrected chi connectivity index (χ4v) is 6.25. The molecule has 1 aliphatic carbocycles. The van der Waals surface area contributed by atoms with Crippen LogP contribution in [0.1, 0.15) is 70.9 Å². The minimum atomic E-state index is -1.18. The van der Waals surface area contributed by atoms with Gasteiger partial charge in [0, 0.05) is 19.4 Å². The average Bonchev–Trinajstić information content (AvgIpc) is 3.83. The van der Waals surface area contributed by atoms with Crippen molar-refractivity contribution < 1.29 is 33.4 Å². The van der Waals surface area contributed by atoms with Gasteiger partial charge in [0.2, 0.25) is 11.8 Å². The molecule has 0 saturated heterocycles.